The van der Waals surface area contributed by atoms with Crippen molar-refractivity contribution < 1.29 is 19.1 Å². The predicted molar refractivity (Wildman–Crippen MR) is 96.1 cm³/mol. The number of para-hydroxylation sites is 1. The number of urea groups is 1. The molecule has 2 aliphatic heterocycles. The smallest absolute Gasteiger partial charge is 0.332 e. The third kappa shape index (κ3) is 2.81. The Morgan fingerprint density at radius 2 is 1.96 bits per heavy atom. The van der Waals surface area contributed by atoms with Crippen LogP contribution in [0.2, 0.25) is 5.02 Å². The minimum atomic E-state index is -0.566. The molecule has 1 unspecified atom stereocenters. The average molecular weight is 373 g/mol. The molecule has 0 aliphatic carbocycles. The highest BCUT2D eigenvalue weighted by molar-refractivity contribution is 6.30. The van der Waals surface area contributed by atoms with Gasteiger partial charge in [-0.05, 0) is 31.2 Å². The Morgan fingerprint density at radius 1 is 1.19 bits per heavy atom. The van der Waals surface area contributed by atoms with E-state index in [2.05, 4.69) is 0 Å². The first-order chi connectivity index (χ1) is 12.6. The number of amides is 3. The van der Waals surface area contributed by atoms with Crippen LogP contribution in [0.3, 0.4) is 0 Å². The number of fused-ring (bicyclic) bond motifs is 1. The molecule has 1 saturated heterocycles. The van der Waals surface area contributed by atoms with E-state index in [4.69, 9.17) is 21.1 Å². The van der Waals surface area contributed by atoms with E-state index < -0.39 is 6.04 Å². The van der Waals surface area contributed by atoms with E-state index in [9.17, 15) is 9.59 Å². The first-order valence-electron chi connectivity index (χ1n) is 8.27. The van der Waals surface area contributed by atoms with Gasteiger partial charge in [0, 0.05) is 21.8 Å². The first kappa shape index (κ1) is 16.9. The maximum absolute atomic E-state index is 12.9. The van der Waals surface area contributed by atoms with Gasteiger partial charge in [0.1, 0.15) is 11.8 Å². The summed E-state index contributed by atoms with van der Waals surface area (Å²) in [5.74, 6) is 0.381. The fourth-order valence-corrected chi connectivity index (χ4v) is 3.60. The van der Waals surface area contributed by atoms with Crippen LogP contribution in [0.25, 0.3) is 0 Å². The first-order valence-corrected chi connectivity index (χ1v) is 8.65. The molecule has 3 amide bonds. The monoisotopic (exact) mass is 372 g/mol. The molecule has 134 valence electrons. The van der Waals surface area contributed by atoms with Gasteiger partial charge in [-0.25, -0.2) is 4.79 Å². The van der Waals surface area contributed by atoms with Crippen molar-refractivity contribution >= 4 is 29.2 Å². The number of carbonyl (C=O) groups excluding carboxylic acids is 2. The van der Waals surface area contributed by atoms with Crippen molar-refractivity contribution in [3.05, 3.63) is 58.6 Å². The summed E-state index contributed by atoms with van der Waals surface area (Å²) < 4.78 is 10.9. The van der Waals surface area contributed by atoms with Crippen LogP contribution >= 0.6 is 11.6 Å². The molecule has 2 aromatic rings. The lowest BCUT2D eigenvalue weighted by Crippen LogP contribution is -2.33. The Bertz CT molecular complexity index is 871. The van der Waals surface area contributed by atoms with Crippen molar-refractivity contribution in [3.8, 4) is 5.75 Å². The zero-order valence-electron chi connectivity index (χ0n) is 14.1. The van der Waals surface area contributed by atoms with Crippen LogP contribution in [0.5, 0.6) is 5.75 Å². The molecule has 2 aromatic carbocycles. The van der Waals surface area contributed by atoms with Gasteiger partial charge in [0.2, 0.25) is 0 Å². The number of ether oxygens (including phenoxy) is 2. The molecule has 0 saturated carbocycles. The molecule has 2 aliphatic rings. The summed E-state index contributed by atoms with van der Waals surface area (Å²) in [5, 5.41) is 0.514. The third-order valence-electron chi connectivity index (χ3n) is 4.56. The molecular weight excluding hydrogens is 356 g/mol. The quantitative estimate of drug-likeness (QED) is 0.773. The van der Waals surface area contributed by atoms with E-state index in [1.165, 1.54) is 9.80 Å². The molecule has 0 radical (unpaired) electrons. The van der Waals surface area contributed by atoms with Gasteiger partial charge in [-0.15, -0.1) is 0 Å². The second kappa shape index (κ2) is 6.63. The minimum absolute atomic E-state index is 0.105. The van der Waals surface area contributed by atoms with Crippen molar-refractivity contribution in [1.29, 1.82) is 0 Å². The molecule has 0 bridgehead atoms. The maximum atomic E-state index is 12.9. The van der Waals surface area contributed by atoms with Crippen LogP contribution in [-0.2, 0) is 22.7 Å². The number of hydrogen-bond acceptors (Lipinski definition) is 4. The second-order valence-corrected chi connectivity index (χ2v) is 6.69. The minimum Gasteiger partial charge on any atom is -0.467 e. The zero-order valence-corrected chi connectivity index (χ0v) is 14.9. The average Bonchev–Trinajstić information content (AvgIpc) is 2.85. The van der Waals surface area contributed by atoms with E-state index in [0.717, 1.165) is 5.56 Å². The molecule has 2 heterocycles. The molecule has 1 atom stereocenters. The molecule has 26 heavy (non-hydrogen) atoms. The van der Waals surface area contributed by atoms with Gasteiger partial charge in [-0.3, -0.25) is 14.6 Å². The van der Waals surface area contributed by atoms with E-state index in [-0.39, 0.29) is 25.3 Å². The van der Waals surface area contributed by atoms with Crippen molar-refractivity contribution in [3.63, 3.8) is 0 Å². The van der Waals surface area contributed by atoms with Crippen LogP contribution in [0.15, 0.2) is 42.5 Å². The van der Waals surface area contributed by atoms with Gasteiger partial charge in [0.25, 0.3) is 5.91 Å². The zero-order chi connectivity index (χ0) is 18.3. The van der Waals surface area contributed by atoms with Crippen LogP contribution < -0.4 is 9.64 Å². The van der Waals surface area contributed by atoms with Crippen LogP contribution in [0, 0.1) is 0 Å². The van der Waals surface area contributed by atoms with Gasteiger partial charge in [0.15, 0.2) is 6.79 Å². The molecule has 4 rings (SSSR count). The van der Waals surface area contributed by atoms with Gasteiger partial charge in [-0.1, -0.05) is 29.8 Å². The molecular formula is C19H17ClN2O4. The summed E-state index contributed by atoms with van der Waals surface area (Å²) in [6, 6.07) is 11.7. The van der Waals surface area contributed by atoms with Crippen molar-refractivity contribution in [2.75, 3.05) is 11.7 Å². The van der Waals surface area contributed by atoms with E-state index in [0.29, 0.717) is 28.6 Å². The van der Waals surface area contributed by atoms with Crippen LogP contribution in [-0.4, -0.2) is 29.7 Å². The molecule has 0 aromatic heterocycles. The number of imide groups is 1. The molecule has 1 fully saturated rings. The lowest BCUT2D eigenvalue weighted by atomic mass is 10.1. The summed E-state index contributed by atoms with van der Waals surface area (Å²) in [6.07, 6.45) is 0. The molecule has 7 heteroatoms. The summed E-state index contributed by atoms with van der Waals surface area (Å²) >= 11 is 6.18. The summed E-state index contributed by atoms with van der Waals surface area (Å²) in [6.45, 7) is 2.35. The summed E-state index contributed by atoms with van der Waals surface area (Å²) in [5.41, 5.74) is 2.20. The number of carbonyl (C=O) groups is 2. The fraction of sp³-hybridized carbons (Fsp3) is 0.263. The Morgan fingerprint density at radius 3 is 2.73 bits per heavy atom. The highest BCUT2D eigenvalue weighted by Gasteiger charge is 2.43. The van der Waals surface area contributed by atoms with E-state index >= 15 is 0 Å². The maximum Gasteiger partial charge on any atom is 0.332 e. The Kier molecular flexibility index (Phi) is 4.30. The lowest BCUT2D eigenvalue weighted by molar-refractivity contribution is -0.127. The molecule has 0 N–H and O–H groups in total. The lowest BCUT2D eigenvalue weighted by Gasteiger charge is -2.23. The number of hydrogen-bond donors (Lipinski definition) is 0. The number of nitrogens with zero attached hydrogens (tertiary/aromatic N) is 2. The highest BCUT2D eigenvalue weighted by atomic mass is 35.5. The van der Waals surface area contributed by atoms with E-state index in [1.807, 2.05) is 30.3 Å². The number of benzene rings is 2. The van der Waals surface area contributed by atoms with Crippen molar-refractivity contribution in [2.24, 2.45) is 0 Å². The third-order valence-corrected chi connectivity index (χ3v) is 4.78. The molecule has 6 nitrogen and oxygen atoms in total. The molecule has 0 spiro atoms. The normalized spacial score (nSPS) is 19.5. The number of halogens is 1. The highest BCUT2D eigenvalue weighted by Crippen LogP contribution is 2.34. The summed E-state index contributed by atoms with van der Waals surface area (Å²) in [4.78, 5) is 28.4. The fourth-order valence-electron chi connectivity index (χ4n) is 3.34. The van der Waals surface area contributed by atoms with Gasteiger partial charge < -0.3 is 9.47 Å². The topological polar surface area (TPSA) is 59.1 Å². The van der Waals surface area contributed by atoms with Crippen molar-refractivity contribution in [2.45, 2.75) is 26.1 Å². The SMILES string of the molecule is CC1C(=O)N(Cc2cc(Cl)cc3c2OCOC3)C(=O)N1c1ccccc1. The number of rotatable bonds is 3. The predicted octanol–water partition coefficient (Wildman–Crippen LogP) is 3.56. The second-order valence-electron chi connectivity index (χ2n) is 6.25. The Hall–Kier alpha value is -2.57. The van der Waals surface area contributed by atoms with Gasteiger partial charge in [0.05, 0.1) is 13.2 Å². The van der Waals surface area contributed by atoms with Gasteiger partial charge >= 0.3 is 6.03 Å². The van der Waals surface area contributed by atoms with Gasteiger partial charge in [-0.2, -0.15) is 0 Å². The Labute approximate surface area is 155 Å². The van der Waals surface area contributed by atoms with Crippen LogP contribution in [0.4, 0.5) is 10.5 Å². The van der Waals surface area contributed by atoms with Crippen molar-refractivity contribution in [1.82, 2.24) is 4.90 Å². The van der Waals surface area contributed by atoms with Crippen LogP contribution in [0.1, 0.15) is 18.1 Å². The largest absolute Gasteiger partial charge is 0.467 e. The Balaban J connectivity index is 1.66. The standard InChI is InChI=1S/C19H17ClN2O4/c1-12-18(23)21(19(24)22(12)16-5-3-2-4-6-16)9-13-7-15(20)8-14-10-25-11-26-17(13)14/h2-8,12H,9-11H2,1H3. The van der Waals surface area contributed by atoms with E-state index in [1.54, 1.807) is 19.1 Å². The number of anilines is 1. The summed E-state index contributed by atoms with van der Waals surface area (Å²) in [7, 11) is 0.